The number of carbonyl (C=O) groups is 2. The van der Waals surface area contributed by atoms with Gasteiger partial charge in [-0.15, -0.1) is 0 Å². The first kappa shape index (κ1) is 17.3. The predicted molar refractivity (Wildman–Crippen MR) is 110 cm³/mol. The second-order valence-corrected chi connectivity index (χ2v) is 8.09. The maximum absolute atomic E-state index is 12.0. The van der Waals surface area contributed by atoms with Crippen molar-refractivity contribution in [3.8, 4) is 5.75 Å². The third-order valence-electron chi connectivity index (χ3n) is 4.48. The molecule has 1 heterocycles. The van der Waals surface area contributed by atoms with E-state index in [-0.39, 0.29) is 11.1 Å². The highest BCUT2D eigenvalue weighted by Crippen LogP contribution is 2.40. The molecule has 136 valence electrons. The fraction of sp³-hybridized carbons (Fsp3) is 0.0952. The zero-order valence-corrected chi connectivity index (χ0v) is 15.3. The number of imide groups is 1. The number of nitrogen functional groups attached to an aromatic ring is 1. The summed E-state index contributed by atoms with van der Waals surface area (Å²) in [7, 11) is -0.894. The number of anilines is 1. The summed E-state index contributed by atoms with van der Waals surface area (Å²) in [6, 6.07) is 19.1. The van der Waals surface area contributed by atoms with Crippen molar-refractivity contribution in [1.29, 1.82) is 0 Å². The Morgan fingerprint density at radius 1 is 1.04 bits per heavy atom. The maximum Gasteiger partial charge on any atom is 0.280 e. The molecule has 0 aromatic heterocycles. The van der Waals surface area contributed by atoms with Gasteiger partial charge in [0, 0.05) is 5.69 Å². The van der Waals surface area contributed by atoms with Gasteiger partial charge in [0.25, 0.3) is 5.24 Å². The zero-order valence-electron chi connectivity index (χ0n) is 14.5. The van der Waals surface area contributed by atoms with Crippen LogP contribution in [0.2, 0.25) is 0 Å². The average Bonchev–Trinajstić information content (AvgIpc) is 2.91. The Morgan fingerprint density at radius 2 is 1.81 bits per heavy atom. The van der Waals surface area contributed by atoms with E-state index in [9.17, 15) is 9.59 Å². The lowest BCUT2D eigenvalue weighted by Gasteiger charge is -2.11. The van der Waals surface area contributed by atoms with Crippen molar-refractivity contribution in [3.05, 3.63) is 71.8 Å². The monoisotopic (exact) mass is 378 g/mol. The number of rotatable bonds is 4. The lowest BCUT2D eigenvalue weighted by atomic mass is 10.0. The van der Waals surface area contributed by atoms with Gasteiger partial charge in [0.1, 0.15) is 17.6 Å². The van der Waals surface area contributed by atoms with Gasteiger partial charge in [0.2, 0.25) is 5.91 Å². The summed E-state index contributed by atoms with van der Waals surface area (Å²) in [5.74, 6) is 4.32. The standard InChI is InChI=1S/C21H18N2O3S/c1-27-19(20(24)23-21(27)25)16-6-5-15-11-18(8-7-14(15)10-16)26-12-13-3-2-4-17(22)9-13/h2-11,19H,1,12,22H2,(H,23,24,25). The van der Waals surface area contributed by atoms with Gasteiger partial charge in [-0.1, -0.05) is 46.7 Å². The molecule has 2 amide bonds. The van der Waals surface area contributed by atoms with Gasteiger partial charge in [-0.05, 0) is 52.2 Å². The van der Waals surface area contributed by atoms with Gasteiger partial charge in [0.15, 0.2) is 0 Å². The van der Waals surface area contributed by atoms with Crippen LogP contribution in [0.3, 0.4) is 0 Å². The van der Waals surface area contributed by atoms with E-state index in [0.29, 0.717) is 12.3 Å². The Labute approximate surface area is 159 Å². The number of hydrogen-bond acceptors (Lipinski definition) is 4. The summed E-state index contributed by atoms with van der Waals surface area (Å²) in [5, 5.41) is 3.52. The van der Waals surface area contributed by atoms with Gasteiger partial charge >= 0.3 is 0 Å². The largest absolute Gasteiger partial charge is 0.489 e. The molecule has 1 aliphatic rings. The number of benzene rings is 3. The van der Waals surface area contributed by atoms with Crippen LogP contribution in [0.4, 0.5) is 10.5 Å². The minimum absolute atomic E-state index is 0.278. The Balaban J connectivity index is 1.56. The summed E-state index contributed by atoms with van der Waals surface area (Å²) in [4.78, 5) is 23.7. The highest BCUT2D eigenvalue weighted by Gasteiger charge is 2.35. The Hall–Kier alpha value is -3.12. The lowest BCUT2D eigenvalue weighted by molar-refractivity contribution is -0.119. The molecule has 0 spiro atoms. The van der Waals surface area contributed by atoms with Crippen LogP contribution in [-0.2, 0) is 11.4 Å². The maximum atomic E-state index is 12.0. The zero-order chi connectivity index (χ0) is 19.0. The molecule has 4 rings (SSSR count). The van der Waals surface area contributed by atoms with Gasteiger partial charge in [0.05, 0.1) is 0 Å². The van der Waals surface area contributed by atoms with E-state index >= 15 is 0 Å². The summed E-state index contributed by atoms with van der Waals surface area (Å²) in [6.07, 6.45) is 0. The summed E-state index contributed by atoms with van der Waals surface area (Å²) >= 11 is 0. The van der Waals surface area contributed by atoms with Gasteiger partial charge in [-0.25, -0.2) is 0 Å². The first-order valence-electron chi connectivity index (χ1n) is 8.40. The molecule has 3 aromatic rings. The molecule has 0 radical (unpaired) electrons. The minimum atomic E-state index is -0.894. The molecular formula is C21H18N2O3S. The molecule has 0 bridgehead atoms. The number of amides is 2. The minimum Gasteiger partial charge on any atom is -0.489 e. The molecule has 3 aromatic carbocycles. The van der Waals surface area contributed by atoms with Crippen LogP contribution in [-0.4, -0.2) is 17.0 Å². The summed E-state index contributed by atoms with van der Waals surface area (Å²) < 4.78 is 5.86. The number of carbonyl (C=O) groups excluding carboxylic acids is 2. The van der Waals surface area contributed by atoms with E-state index in [1.54, 1.807) is 0 Å². The van der Waals surface area contributed by atoms with Crippen molar-refractivity contribution in [2.45, 2.75) is 11.9 Å². The van der Waals surface area contributed by atoms with Crippen molar-refractivity contribution >= 4 is 44.0 Å². The predicted octanol–water partition coefficient (Wildman–Crippen LogP) is 3.99. The van der Waals surface area contributed by atoms with Crippen molar-refractivity contribution in [2.24, 2.45) is 0 Å². The Kier molecular flexibility index (Phi) is 4.41. The van der Waals surface area contributed by atoms with Crippen LogP contribution < -0.4 is 15.8 Å². The van der Waals surface area contributed by atoms with Crippen LogP contribution in [0, 0.1) is 0 Å². The fourth-order valence-electron chi connectivity index (χ4n) is 3.13. The first-order valence-corrected chi connectivity index (χ1v) is 9.85. The van der Waals surface area contributed by atoms with Crippen LogP contribution in [0.15, 0.2) is 60.7 Å². The molecule has 2 unspecified atom stereocenters. The number of nitrogens with two attached hydrogens (primary N) is 1. The molecule has 27 heavy (non-hydrogen) atoms. The molecule has 3 N–H and O–H groups in total. The van der Waals surface area contributed by atoms with Crippen molar-refractivity contribution in [3.63, 3.8) is 0 Å². The number of nitrogens with one attached hydrogen (secondary N) is 1. The highest BCUT2D eigenvalue weighted by molar-refractivity contribution is 8.28. The Bertz CT molecular complexity index is 1090. The molecule has 1 fully saturated rings. The van der Waals surface area contributed by atoms with Crippen molar-refractivity contribution < 1.29 is 14.3 Å². The van der Waals surface area contributed by atoms with E-state index in [0.717, 1.165) is 27.6 Å². The number of fused-ring (bicyclic) bond motifs is 1. The number of ether oxygens (including phenoxy) is 1. The average molecular weight is 378 g/mol. The third kappa shape index (κ3) is 3.44. The normalized spacial score (nSPS) is 19.3. The third-order valence-corrected chi connectivity index (χ3v) is 6.11. The topological polar surface area (TPSA) is 81.4 Å². The molecule has 6 heteroatoms. The molecule has 1 saturated heterocycles. The van der Waals surface area contributed by atoms with Crippen molar-refractivity contribution in [2.75, 3.05) is 5.73 Å². The molecule has 5 nitrogen and oxygen atoms in total. The van der Waals surface area contributed by atoms with Crippen molar-refractivity contribution in [1.82, 2.24) is 5.32 Å². The number of hydrogen-bond donors (Lipinski definition) is 2. The molecule has 0 saturated carbocycles. The SMILES string of the molecule is C=S1C(=O)NC(=O)C1c1ccc2cc(OCc3cccc(N)c3)ccc2c1. The molecular weight excluding hydrogens is 360 g/mol. The van der Waals surface area contributed by atoms with Crippen LogP contribution in [0.5, 0.6) is 5.75 Å². The van der Waals surface area contributed by atoms with E-state index < -0.39 is 15.7 Å². The smallest absolute Gasteiger partial charge is 0.280 e. The highest BCUT2D eigenvalue weighted by atomic mass is 32.2. The van der Waals surface area contributed by atoms with Crippen LogP contribution >= 0.6 is 10.5 Å². The van der Waals surface area contributed by atoms with E-state index in [4.69, 9.17) is 10.5 Å². The fourth-order valence-corrected chi connectivity index (χ4v) is 4.37. The second-order valence-electron chi connectivity index (χ2n) is 6.39. The van der Waals surface area contributed by atoms with E-state index in [1.807, 2.05) is 60.7 Å². The van der Waals surface area contributed by atoms with Crippen LogP contribution in [0.1, 0.15) is 16.4 Å². The van der Waals surface area contributed by atoms with E-state index in [1.165, 1.54) is 0 Å². The molecule has 2 atom stereocenters. The van der Waals surface area contributed by atoms with Gasteiger partial charge in [-0.3, -0.25) is 14.9 Å². The lowest BCUT2D eigenvalue weighted by Crippen LogP contribution is -2.20. The summed E-state index contributed by atoms with van der Waals surface area (Å²) in [6.45, 7) is 0.434. The summed E-state index contributed by atoms with van der Waals surface area (Å²) in [5.41, 5.74) is 8.30. The molecule has 0 aliphatic carbocycles. The Morgan fingerprint density at radius 3 is 2.56 bits per heavy atom. The quantitative estimate of drug-likeness (QED) is 0.531. The van der Waals surface area contributed by atoms with Gasteiger partial charge < -0.3 is 10.5 Å². The molecule has 1 aliphatic heterocycles. The van der Waals surface area contributed by atoms with E-state index in [2.05, 4.69) is 11.2 Å². The van der Waals surface area contributed by atoms with Gasteiger partial charge in [-0.2, -0.15) is 0 Å². The second kappa shape index (κ2) is 6.89. The van der Waals surface area contributed by atoms with Crippen LogP contribution in [0.25, 0.3) is 10.8 Å². The first-order chi connectivity index (χ1) is 13.0.